The molecule has 6 heavy (non-hydrogen) atoms. The summed E-state index contributed by atoms with van der Waals surface area (Å²) in [6.45, 7) is 0. The molecular weight excluding hydrogens is 149 g/mol. The standard InChI is InChI=1S/C2H2Cl3F/c3-1(4)2(5)6/h1-2H/t2-/m1/s1. The Balaban J connectivity index is 2.99. The normalized spacial score (nSPS) is 15.5. The van der Waals surface area contributed by atoms with Crippen molar-refractivity contribution in [3.63, 3.8) is 0 Å². The van der Waals surface area contributed by atoms with E-state index in [1.54, 1.807) is 0 Å². The summed E-state index contributed by atoms with van der Waals surface area (Å²) >= 11 is 14.4. The lowest BCUT2D eigenvalue weighted by Gasteiger charge is -1.93. The molecule has 4 heteroatoms. The summed E-state index contributed by atoms with van der Waals surface area (Å²) < 4.78 is 11.3. The van der Waals surface area contributed by atoms with Crippen LogP contribution in [0, 0.1) is 0 Å². The number of hydrogen-bond donors (Lipinski definition) is 0. The Bertz CT molecular complexity index is 29.8. The third kappa shape index (κ3) is 3.01. The van der Waals surface area contributed by atoms with Gasteiger partial charge in [0, 0.05) is 0 Å². The van der Waals surface area contributed by atoms with Gasteiger partial charge in [0.1, 0.15) is 0 Å². The number of alkyl halides is 4. The molecule has 0 radical (unpaired) electrons. The summed E-state index contributed by atoms with van der Waals surface area (Å²) in [4.78, 5) is -1.10. The lowest BCUT2D eigenvalue weighted by atomic mass is 10.9. The van der Waals surface area contributed by atoms with E-state index in [1.807, 2.05) is 0 Å². The molecule has 0 amide bonds. The molecule has 0 fully saturated rings. The lowest BCUT2D eigenvalue weighted by Crippen LogP contribution is -1.98. The summed E-state index contributed by atoms with van der Waals surface area (Å²) in [5, 5.41) is 0. The van der Waals surface area contributed by atoms with Gasteiger partial charge < -0.3 is 0 Å². The molecule has 0 N–H and O–H groups in total. The van der Waals surface area contributed by atoms with Crippen LogP contribution in [0.4, 0.5) is 4.39 Å². The molecule has 0 aromatic rings. The molecule has 0 saturated heterocycles. The Morgan fingerprint density at radius 3 is 1.33 bits per heavy atom. The second-order valence-corrected chi connectivity index (χ2v) is 2.25. The topological polar surface area (TPSA) is 0 Å². The predicted octanol–water partition coefficient (Wildman–Crippen LogP) is 2.32. The van der Waals surface area contributed by atoms with Crippen molar-refractivity contribution >= 4 is 34.8 Å². The van der Waals surface area contributed by atoms with Gasteiger partial charge in [-0.3, -0.25) is 0 Å². The van der Waals surface area contributed by atoms with Gasteiger partial charge >= 0.3 is 0 Å². The van der Waals surface area contributed by atoms with Gasteiger partial charge in [0.25, 0.3) is 0 Å². The van der Waals surface area contributed by atoms with Crippen molar-refractivity contribution in [2.75, 3.05) is 0 Å². The molecule has 0 spiro atoms. The van der Waals surface area contributed by atoms with Crippen LogP contribution in [0.25, 0.3) is 0 Å². The highest BCUT2D eigenvalue weighted by molar-refractivity contribution is 6.48. The Labute approximate surface area is 50.2 Å². The van der Waals surface area contributed by atoms with Crippen LogP contribution >= 0.6 is 34.8 Å². The van der Waals surface area contributed by atoms with Crippen LogP contribution in [0.1, 0.15) is 0 Å². The van der Waals surface area contributed by atoms with Gasteiger partial charge in [-0.25, -0.2) is 4.39 Å². The van der Waals surface area contributed by atoms with Gasteiger partial charge in [-0.15, -0.1) is 23.2 Å². The quantitative estimate of drug-likeness (QED) is 0.505. The Hall–Kier alpha value is 0.800. The van der Waals surface area contributed by atoms with Crippen molar-refractivity contribution in [1.82, 2.24) is 0 Å². The molecule has 0 heterocycles. The van der Waals surface area contributed by atoms with Gasteiger partial charge in [0.2, 0.25) is 5.63 Å². The lowest BCUT2D eigenvalue weighted by molar-refractivity contribution is 0.465. The second kappa shape index (κ2) is 2.89. The Kier molecular flexibility index (Phi) is 3.28. The van der Waals surface area contributed by atoms with Crippen molar-refractivity contribution in [2.24, 2.45) is 0 Å². The van der Waals surface area contributed by atoms with Gasteiger partial charge in [-0.2, -0.15) is 0 Å². The molecule has 38 valence electrons. The van der Waals surface area contributed by atoms with E-state index in [-0.39, 0.29) is 0 Å². The number of halogens is 4. The Morgan fingerprint density at radius 1 is 1.17 bits per heavy atom. The van der Waals surface area contributed by atoms with Crippen LogP contribution in [-0.2, 0) is 0 Å². The maximum absolute atomic E-state index is 11.3. The van der Waals surface area contributed by atoms with Crippen molar-refractivity contribution in [3.8, 4) is 0 Å². The molecule has 0 aliphatic rings. The highest BCUT2D eigenvalue weighted by atomic mass is 35.5. The zero-order valence-electron chi connectivity index (χ0n) is 2.67. The fraction of sp³-hybridized carbons (Fsp3) is 1.00. The predicted molar refractivity (Wildman–Crippen MR) is 26.2 cm³/mol. The molecular formula is C2H2Cl3F. The monoisotopic (exact) mass is 150 g/mol. The minimum absolute atomic E-state index is 1.10. The first-order valence-electron chi connectivity index (χ1n) is 1.21. The van der Waals surface area contributed by atoms with Crippen LogP contribution in [0.15, 0.2) is 0 Å². The van der Waals surface area contributed by atoms with Crippen molar-refractivity contribution in [3.05, 3.63) is 0 Å². The van der Waals surface area contributed by atoms with E-state index in [9.17, 15) is 4.39 Å². The Morgan fingerprint density at radius 2 is 1.33 bits per heavy atom. The van der Waals surface area contributed by atoms with E-state index < -0.39 is 10.5 Å². The van der Waals surface area contributed by atoms with Gasteiger partial charge in [-0.05, 0) is 0 Å². The van der Waals surface area contributed by atoms with Crippen LogP contribution in [-0.4, -0.2) is 10.5 Å². The molecule has 0 aromatic carbocycles. The highest BCUT2D eigenvalue weighted by Gasteiger charge is 2.09. The third-order valence-corrected chi connectivity index (χ3v) is 1.14. The summed E-state index contributed by atoms with van der Waals surface area (Å²) in [6.07, 6.45) is 0. The van der Waals surface area contributed by atoms with Crippen molar-refractivity contribution < 1.29 is 4.39 Å². The van der Waals surface area contributed by atoms with E-state index in [4.69, 9.17) is 23.2 Å². The fourth-order valence-corrected chi connectivity index (χ4v) is 0. The maximum atomic E-state index is 11.3. The van der Waals surface area contributed by atoms with E-state index >= 15 is 0 Å². The molecule has 0 aliphatic carbocycles. The summed E-state index contributed by atoms with van der Waals surface area (Å²) in [7, 11) is 0. The second-order valence-electron chi connectivity index (χ2n) is 0.669. The van der Waals surface area contributed by atoms with E-state index in [0.717, 1.165) is 0 Å². The first kappa shape index (κ1) is 6.80. The minimum Gasteiger partial charge on any atom is -0.227 e. The SMILES string of the molecule is F[C@@H](Cl)C(Cl)Cl. The number of rotatable bonds is 1. The summed E-state index contributed by atoms with van der Waals surface area (Å²) in [6, 6.07) is 0. The molecule has 0 bridgehead atoms. The van der Waals surface area contributed by atoms with Crippen LogP contribution < -0.4 is 0 Å². The molecule has 0 aliphatic heterocycles. The molecule has 0 rings (SSSR count). The smallest absolute Gasteiger partial charge is 0.203 e. The average molecular weight is 151 g/mol. The first-order valence-corrected chi connectivity index (χ1v) is 2.52. The third-order valence-electron chi connectivity index (χ3n) is 0.190. The van der Waals surface area contributed by atoms with Crippen LogP contribution in [0.3, 0.4) is 0 Å². The maximum Gasteiger partial charge on any atom is 0.203 e. The average Bonchev–Trinajstić information content (AvgIpc) is 1.36. The molecule has 0 unspecified atom stereocenters. The van der Waals surface area contributed by atoms with Crippen molar-refractivity contribution in [2.45, 2.75) is 10.5 Å². The van der Waals surface area contributed by atoms with Gasteiger partial charge in [-0.1, -0.05) is 11.6 Å². The van der Waals surface area contributed by atoms with Gasteiger partial charge in [0.15, 0.2) is 4.84 Å². The number of hydrogen-bond acceptors (Lipinski definition) is 0. The van der Waals surface area contributed by atoms with Crippen LogP contribution in [0.2, 0.25) is 0 Å². The highest BCUT2D eigenvalue weighted by Crippen LogP contribution is 2.13. The van der Waals surface area contributed by atoms with Gasteiger partial charge in [0.05, 0.1) is 0 Å². The summed E-state index contributed by atoms with van der Waals surface area (Å²) in [5.41, 5.74) is -1.65. The zero-order valence-corrected chi connectivity index (χ0v) is 4.93. The molecule has 1 atom stereocenters. The minimum atomic E-state index is -1.65. The van der Waals surface area contributed by atoms with E-state index in [2.05, 4.69) is 11.6 Å². The first-order chi connectivity index (χ1) is 2.64. The van der Waals surface area contributed by atoms with E-state index in [0.29, 0.717) is 0 Å². The molecule has 0 saturated carbocycles. The largest absolute Gasteiger partial charge is 0.227 e. The van der Waals surface area contributed by atoms with Crippen molar-refractivity contribution in [1.29, 1.82) is 0 Å². The molecule has 0 nitrogen and oxygen atoms in total. The van der Waals surface area contributed by atoms with Crippen LogP contribution in [0.5, 0.6) is 0 Å². The van der Waals surface area contributed by atoms with E-state index in [1.165, 1.54) is 0 Å². The zero-order chi connectivity index (χ0) is 5.15. The summed E-state index contributed by atoms with van der Waals surface area (Å²) in [5.74, 6) is 0. The molecule has 0 aromatic heterocycles. The fourth-order valence-electron chi connectivity index (χ4n) is 0.